The summed E-state index contributed by atoms with van der Waals surface area (Å²) >= 11 is 0. The first-order chi connectivity index (χ1) is 15.3. The highest BCUT2D eigenvalue weighted by atomic mass is 19.1. The molecule has 4 aliphatic rings. The first-order valence-electron chi connectivity index (χ1n) is 11.1. The van der Waals surface area contributed by atoms with Crippen molar-refractivity contribution in [2.45, 2.75) is 64.7 Å². The zero-order valence-electron chi connectivity index (χ0n) is 18.0. The second-order valence-corrected chi connectivity index (χ2v) is 9.05. The number of aliphatic hydroxyl groups is 1. The van der Waals surface area contributed by atoms with Crippen molar-refractivity contribution in [3.05, 3.63) is 60.6 Å². The van der Waals surface area contributed by atoms with Crippen LogP contribution in [0.1, 0.15) is 61.8 Å². The number of nitrogens with zero attached hydrogens (tertiary/aromatic N) is 2. The van der Waals surface area contributed by atoms with Crippen molar-refractivity contribution in [1.29, 1.82) is 0 Å². The molecule has 0 unspecified atom stereocenters. The number of halogens is 1. The van der Waals surface area contributed by atoms with E-state index in [4.69, 9.17) is 9.72 Å². The number of carbonyl (C=O) groups is 1. The first kappa shape index (κ1) is 19.6. The molecule has 0 saturated heterocycles. The van der Waals surface area contributed by atoms with E-state index in [2.05, 4.69) is 0 Å². The van der Waals surface area contributed by atoms with Gasteiger partial charge in [-0.05, 0) is 55.4 Å². The van der Waals surface area contributed by atoms with Gasteiger partial charge < -0.3 is 14.4 Å². The van der Waals surface area contributed by atoms with Gasteiger partial charge in [-0.1, -0.05) is 13.0 Å². The molecule has 1 atom stereocenters. The van der Waals surface area contributed by atoms with Gasteiger partial charge in [0.25, 0.3) is 5.56 Å². The van der Waals surface area contributed by atoms with Crippen molar-refractivity contribution in [3.63, 3.8) is 0 Å². The molecule has 4 heterocycles. The number of aromatic nitrogens is 2. The van der Waals surface area contributed by atoms with Gasteiger partial charge in [-0.25, -0.2) is 14.2 Å². The van der Waals surface area contributed by atoms with E-state index in [9.17, 15) is 19.1 Å². The van der Waals surface area contributed by atoms with Crippen molar-refractivity contribution in [2.24, 2.45) is 0 Å². The number of esters is 1. The molecule has 0 aromatic carbocycles. The zero-order chi connectivity index (χ0) is 22.4. The van der Waals surface area contributed by atoms with Gasteiger partial charge in [0.2, 0.25) is 0 Å². The van der Waals surface area contributed by atoms with Gasteiger partial charge >= 0.3 is 5.97 Å². The van der Waals surface area contributed by atoms with E-state index in [1.54, 1.807) is 17.6 Å². The molecular weight excluding hydrogens is 411 g/mol. The maximum atomic E-state index is 14.6. The summed E-state index contributed by atoms with van der Waals surface area (Å²) in [6, 6.07) is 1.73. The fraction of sp³-hybridized carbons (Fsp3) is 0.400. The van der Waals surface area contributed by atoms with Crippen LogP contribution in [-0.4, -0.2) is 20.6 Å². The Hall–Kier alpha value is -3.06. The van der Waals surface area contributed by atoms with E-state index in [0.29, 0.717) is 34.6 Å². The molecule has 2 aromatic heterocycles. The molecule has 0 radical (unpaired) electrons. The van der Waals surface area contributed by atoms with E-state index in [-0.39, 0.29) is 30.8 Å². The van der Waals surface area contributed by atoms with Crippen LogP contribution in [0.2, 0.25) is 0 Å². The number of hydrogen-bond donors (Lipinski definition) is 1. The lowest BCUT2D eigenvalue weighted by atomic mass is 9.85. The summed E-state index contributed by atoms with van der Waals surface area (Å²) < 4.78 is 21.4. The molecule has 0 amide bonds. The number of cyclic esters (lactones) is 1. The average molecular weight is 434 g/mol. The average Bonchev–Trinajstić information content (AvgIpc) is 3.12. The Morgan fingerprint density at radius 1 is 1.25 bits per heavy atom. The minimum absolute atomic E-state index is 0.105. The van der Waals surface area contributed by atoms with Crippen LogP contribution in [0.15, 0.2) is 22.3 Å². The van der Waals surface area contributed by atoms with Crippen LogP contribution < -0.4 is 16.1 Å². The van der Waals surface area contributed by atoms with E-state index in [1.165, 1.54) is 0 Å². The van der Waals surface area contributed by atoms with E-state index in [1.807, 2.05) is 13.0 Å². The molecule has 164 valence electrons. The molecule has 6 nitrogen and oxygen atoms in total. The summed E-state index contributed by atoms with van der Waals surface area (Å²) in [6.45, 7) is 3.76. The SMILES string of the molecule is CC[C@@]1(O)C(=O)OCc2c1cc1n(c2=O)Cc2c-1nc1c3c2CCCC=3C(C)=C(F)CC=1. The number of rotatable bonds is 1. The van der Waals surface area contributed by atoms with Crippen LogP contribution in [0.25, 0.3) is 23.0 Å². The van der Waals surface area contributed by atoms with Crippen LogP contribution in [0.5, 0.6) is 0 Å². The van der Waals surface area contributed by atoms with E-state index in [0.717, 1.165) is 46.5 Å². The normalized spacial score (nSPS) is 23.0. The molecule has 7 heteroatoms. The third-order valence-electron chi connectivity index (χ3n) is 7.53. The van der Waals surface area contributed by atoms with Crippen LogP contribution in [0, 0.1) is 0 Å². The third-order valence-corrected chi connectivity index (χ3v) is 7.53. The molecule has 2 aliphatic carbocycles. The topological polar surface area (TPSA) is 81.4 Å². The summed E-state index contributed by atoms with van der Waals surface area (Å²) in [5.74, 6) is -0.854. The Kier molecular flexibility index (Phi) is 3.97. The van der Waals surface area contributed by atoms with Gasteiger partial charge in [0.05, 0.1) is 28.8 Å². The highest BCUT2D eigenvalue weighted by molar-refractivity contribution is 5.84. The van der Waals surface area contributed by atoms with Gasteiger partial charge in [-0.2, -0.15) is 0 Å². The van der Waals surface area contributed by atoms with Gasteiger partial charge in [-0.3, -0.25) is 4.79 Å². The van der Waals surface area contributed by atoms with Gasteiger partial charge in [0.1, 0.15) is 12.4 Å². The fourth-order valence-electron chi connectivity index (χ4n) is 5.69. The summed E-state index contributed by atoms with van der Waals surface area (Å²) in [7, 11) is 0. The molecule has 2 aliphatic heterocycles. The Balaban J connectivity index is 1.68. The lowest BCUT2D eigenvalue weighted by molar-refractivity contribution is -0.172. The summed E-state index contributed by atoms with van der Waals surface area (Å²) in [6.07, 6.45) is 4.72. The highest BCUT2D eigenvalue weighted by Gasteiger charge is 2.45. The minimum atomic E-state index is -1.84. The quantitative estimate of drug-likeness (QED) is 0.591. The number of ether oxygens (including phenoxy) is 1. The molecule has 0 spiro atoms. The molecule has 1 N–H and O–H groups in total. The largest absolute Gasteiger partial charge is 0.458 e. The van der Waals surface area contributed by atoms with Gasteiger partial charge in [0, 0.05) is 22.8 Å². The second kappa shape index (κ2) is 6.48. The van der Waals surface area contributed by atoms with Crippen LogP contribution in [0.4, 0.5) is 4.39 Å². The predicted octanol–water partition coefficient (Wildman–Crippen LogP) is 1.84. The molecule has 0 saturated carbocycles. The first-order valence-corrected chi connectivity index (χ1v) is 11.1. The number of hydrogen-bond acceptors (Lipinski definition) is 5. The lowest BCUT2D eigenvalue weighted by Crippen LogP contribution is -2.44. The summed E-state index contributed by atoms with van der Waals surface area (Å²) in [5.41, 5.74) is 3.65. The van der Waals surface area contributed by atoms with Crippen molar-refractivity contribution in [3.8, 4) is 11.4 Å². The predicted molar refractivity (Wildman–Crippen MR) is 116 cm³/mol. The molecule has 0 fully saturated rings. The highest BCUT2D eigenvalue weighted by Crippen LogP contribution is 2.39. The zero-order valence-corrected chi connectivity index (χ0v) is 18.0. The molecular formula is C25H23FN2O4. The van der Waals surface area contributed by atoms with Crippen LogP contribution >= 0.6 is 0 Å². The Morgan fingerprint density at radius 3 is 2.84 bits per heavy atom. The van der Waals surface area contributed by atoms with Crippen LogP contribution in [-0.2, 0) is 34.7 Å². The maximum Gasteiger partial charge on any atom is 0.343 e. The Labute approximate surface area is 183 Å². The maximum absolute atomic E-state index is 14.6. The van der Waals surface area contributed by atoms with Crippen LogP contribution in [0.3, 0.4) is 0 Å². The van der Waals surface area contributed by atoms with Crippen molar-refractivity contribution in [2.75, 3.05) is 0 Å². The van der Waals surface area contributed by atoms with Crippen molar-refractivity contribution < 1.29 is 19.0 Å². The standard InChI is InChI=1S/C25H23FN2O4/c1-3-25(31)17-9-20-22-15(10-28(20)23(29)16(17)11-32-24(25)30)14-6-4-5-13-12(2)18(26)7-8-19(27-22)21(13)14/h8-9,31H,3-7,10-11H2,1-2H3/t25-/m0/s1. The molecule has 2 aromatic rings. The van der Waals surface area contributed by atoms with Gasteiger partial charge in [0.15, 0.2) is 5.60 Å². The molecule has 6 rings (SSSR count). The Morgan fingerprint density at radius 2 is 2.06 bits per heavy atom. The molecule has 32 heavy (non-hydrogen) atoms. The summed E-state index contributed by atoms with van der Waals surface area (Å²) in [5, 5.41) is 12.8. The number of carbonyl (C=O) groups excluding carboxylic acids is 1. The number of fused-ring (bicyclic) bond motifs is 5. The van der Waals surface area contributed by atoms with E-state index < -0.39 is 11.6 Å². The second-order valence-electron chi connectivity index (χ2n) is 9.05. The smallest absolute Gasteiger partial charge is 0.343 e. The number of allylic oxidation sites excluding steroid dienone is 2. The van der Waals surface area contributed by atoms with Crippen molar-refractivity contribution >= 4 is 17.6 Å². The van der Waals surface area contributed by atoms with Gasteiger partial charge in [-0.15, -0.1) is 0 Å². The fourth-order valence-corrected chi connectivity index (χ4v) is 5.69. The minimum Gasteiger partial charge on any atom is -0.458 e. The van der Waals surface area contributed by atoms with Crippen molar-refractivity contribution in [1.82, 2.24) is 9.55 Å². The third kappa shape index (κ3) is 2.34. The van der Waals surface area contributed by atoms with E-state index >= 15 is 0 Å². The Bertz CT molecular complexity index is 1470. The number of pyridine rings is 2. The lowest BCUT2D eigenvalue weighted by Gasteiger charge is -2.31. The summed E-state index contributed by atoms with van der Waals surface area (Å²) in [4.78, 5) is 30.7. The molecule has 0 bridgehead atoms. The monoisotopic (exact) mass is 434 g/mol.